The molecule has 0 saturated heterocycles. The third-order valence-electron chi connectivity index (χ3n) is 2.50. The number of nitrogen functional groups attached to an aromatic ring is 1. The first-order valence-corrected chi connectivity index (χ1v) is 5.37. The van der Waals surface area contributed by atoms with E-state index in [0.29, 0.717) is 23.7 Å². The van der Waals surface area contributed by atoms with Gasteiger partial charge in [0.25, 0.3) is 5.91 Å². The molecule has 0 fully saturated rings. The second kappa shape index (κ2) is 4.74. The van der Waals surface area contributed by atoms with E-state index in [1.807, 2.05) is 6.92 Å². The Balaban J connectivity index is 2.20. The fourth-order valence-corrected chi connectivity index (χ4v) is 1.53. The van der Waals surface area contributed by atoms with Gasteiger partial charge in [0.2, 0.25) is 0 Å². The van der Waals surface area contributed by atoms with Crippen molar-refractivity contribution in [1.29, 1.82) is 0 Å². The van der Waals surface area contributed by atoms with E-state index >= 15 is 0 Å². The van der Waals surface area contributed by atoms with Crippen molar-refractivity contribution in [2.24, 2.45) is 5.73 Å². The Bertz CT molecular complexity index is 577. The number of nitrogens with two attached hydrogens (primary N) is 2. The number of hydrogen-bond donors (Lipinski definition) is 4. The maximum atomic E-state index is 11.3. The fourth-order valence-electron chi connectivity index (χ4n) is 1.53. The Hall–Kier alpha value is -2.57. The van der Waals surface area contributed by atoms with E-state index in [9.17, 15) is 4.79 Å². The monoisotopic (exact) mass is 246 g/mol. The van der Waals surface area contributed by atoms with Crippen molar-refractivity contribution in [2.75, 3.05) is 11.1 Å². The van der Waals surface area contributed by atoms with Gasteiger partial charge in [-0.1, -0.05) is 0 Å². The first-order chi connectivity index (χ1) is 8.58. The number of hydrogen-bond acceptors (Lipinski definition) is 5. The summed E-state index contributed by atoms with van der Waals surface area (Å²) in [5.74, 6) is 0.407. The molecule has 2 aromatic heterocycles. The first-order valence-electron chi connectivity index (χ1n) is 5.37. The lowest BCUT2D eigenvalue weighted by Crippen LogP contribution is -2.16. The molecule has 0 spiro atoms. The van der Waals surface area contributed by atoms with E-state index in [4.69, 9.17) is 11.5 Å². The first kappa shape index (κ1) is 11.9. The van der Waals surface area contributed by atoms with Crippen molar-refractivity contribution >= 4 is 17.5 Å². The number of H-pyrrole nitrogens is 1. The number of primary amides is 1. The highest BCUT2D eigenvalue weighted by Crippen LogP contribution is 2.15. The van der Waals surface area contributed by atoms with Crippen LogP contribution in [0.5, 0.6) is 0 Å². The van der Waals surface area contributed by atoms with E-state index in [1.165, 1.54) is 0 Å². The summed E-state index contributed by atoms with van der Waals surface area (Å²) in [7, 11) is 0. The Morgan fingerprint density at radius 3 is 2.89 bits per heavy atom. The molecule has 0 radical (unpaired) electrons. The third kappa shape index (κ3) is 2.40. The molecular weight excluding hydrogens is 232 g/mol. The number of aryl methyl sites for hydroxylation is 1. The smallest absolute Gasteiger partial charge is 0.252 e. The number of rotatable bonds is 4. The van der Waals surface area contributed by atoms with E-state index < -0.39 is 5.91 Å². The van der Waals surface area contributed by atoms with Gasteiger partial charge in [-0.2, -0.15) is 5.10 Å². The zero-order valence-electron chi connectivity index (χ0n) is 9.90. The molecule has 2 aromatic rings. The number of nitrogens with one attached hydrogen (secondary N) is 2. The molecule has 7 nitrogen and oxygen atoms in total. The van der Waals surface area contributed by atoms with Crippen molar-refractivity contribution in [3.8, 4) is 0 Å². The van der Waals surface area contributed by atoms with Crippen LogP contribution < -0.4 is 16.8 Å². The number of anilines is 2. The lowest BCUT2D eigenvalue weighted by molar-refractivity contribution is 0.100. The number of pyridine rings is 1. The van der Waals surface area contributed by atoms with Gasteiger partial charge in [0.05, 0.1) is 11.8 Å². The van der Waals surface area contributed by atoms with Gasteiger partial charge in [0.15, 0.2) is 0 Å². The summed E-state index contributed by atoms with van der Waals surface area (Å²) in [6, 6.07) is 3.38. The number of amides is 1. The topological polar surface area (TPSA) is 123 Å². The number of carbonyl (C=O) groups excluding carboxylic acids is 1. The molecule has 94 valence electrons. The van der Waals surface area contributed by atoms with Crippen LogP contribution in [0.4, 0.5) is 11.6 Å². The second-order valence-corrected chi connectivity index (χ2v) is 3.88. The number of carbonyl (C=O) groups is 1. The number of nitrogens with zero attached hydrogens (tertiary/aromatic N) is 2. The molecule has 7 heteroatoms. The van der Waals surface area contributed by atoms with Crippen molar-refractivity contribution < 1.29 is 4.79 Å². The highest BCUT2D eigenvalue weighted by atomic mass is 16.1. The summed E-state index contributed by atoms with van der Waals surface area (Å²) in [5, 5.41) is 9.46. The van der Waals surface area contributed by atoms with Gasteiger partial charge in [-0.15, -0.1) is 0 Å². The molecule has 0 atom stereocenters. The van der Waals surface area contributed by atoms with Crippen molar-refractivity contribution in [1.82, 2.24) is 15.2 Å². The van der Waals surface area contributed by atoms with E-state index in [2.05, 4.69) is 20.5 Å². The summed E-state index contributed by atoms with van der Waals surface area (Å²) in [6.45, 7) is 2.25. The molecule has 0 aliphatic rings. The van der Waals surface area contributed by atoms with Gasteiger partial charge < -0.3 is 16.8 Å². The molecular formula is C11H14N6O. The summed E-state index contributed by atoms with van der Waals surface area (Å²) in [4.78, 5) is 15.5. The zero-order chi connectivity index (χ0) is 13.1. The van der Waals surface area contributed by atoms with Crippen LogP contribution in [0.3, 0.4) is 0 Å². The molecule has 0 aliphatic carbocycles. The molecule has 0 bridgehead atoms. The third-order valence-corrected chi connectivity index (χ3v) is 2.50. The molecule has 0 aromatic carbocycles. The van der Waals surface area contributed by atoms with Gasteiger partial charge in [0.1, 0.15) is 11.6 Å². The summed E-state index contributed by atoms with van der Waals surface area (Å²) < 4.78 is 0. The van der Waals surface area contributed by atoms with Gasteiger partial charge in [-0.3, -0.25) is 9.89 Å². The van der Waals surface area contributed by atoms with Crippen LogP contribution in [0.25, 0.3) is 0 Å². The second-order valence-electron chi connectivity index (χ2n) is 3.88. The summed E-state index contributed by atoms with van der Waals surface area (Å²) in [5.41, 5.74) is 12.9. The van der Waals surface area contributed by atoms with Gasteiger partial charge in [-0.25, -0.2) is 4.98 Å². The largest absolute Gasteiger partial charge is 0.384 e. The van der Waals surface area contributed by atoms with Gasteiger partial charge in [-0.05, 0) is 19.1 Å². The highest BCUT2D eigenvalue weighted by Gasteiger charge is 2.10. The molecule has 0 saturated carbocycles. The van der Waals surface area contributed by atoms with Crippen LogP contribution in [0.1, 0.15) is 21.6 Å². The molecule has 18 heavy (non-hydrogen) atoms. The van der Waals surface area contributed by atoms with Crippen LogP contribution in [0, 0.1) is 6.92 Å². The average Bonchev–Trinajstić information content (AvgIpc) is 2.72. The Labute approximate surface area is 104 Å². The standard InChI is InChI=1S/C11H14N6O/c1-6-2-3-8(10(13)18)11(16-6)14-4-7-5-15-17-9(7)12/h2-3,5H,4H2,1H3,(H2,13,18)(H,14,16)(H3,12,15,17). The van der Waals surface area contributed by atoms with Gasteiger partial charge in [0, 0.05) is 17.8 Å². The highest BCUT2D eigenvalue weighted by molar-refractivity contribution is 5.97. The van der Waals surface area contributed by atoms with E-state index in [0.717, 1.165) is 11.3 Å². The molecule has 0 unspecified atom stereocenters. The van der Waals surface area contributed by atoms with E-state index in [-0.39, 0.29) is 0 Å². The Kier molecular flexibility index (Phi) is 3.13. The molecule has 2 heterocycles. The lowest BCUT2D eigenvalue weighted by Gasteiger charge is -2.09. The predicted molar refractivity (Wildman–Crippen MR) is 67.8 cm³/mol. The molecule has 0 aliphatic heterocycles. The Morgan fingerprint density at radius 1 is 1.50 bits per heavy atom. The predicted octanol–water partition coefficient (Wildman–Crippen LogP) is 0.406. The SMILES string of the molecule is Cc1ccc(C(N)=O)c(NCc2cn[nH]c2N)n1. The zero-order valence-corrected chi connectivity index (χ0v) is 9.90. The Morgan fingerprint density at radius 2 is 2.28 bits per heavy atom. The quantitative estimate of drug-likeness (QED) is 0.622. The van der Waals surface area contributed by atoms with Crippen molar-refractivity contribution in [3.05, 3.63) is 35.2 Å². The van der Waals surface area contributed by atoms with E-state index in [1.54, 1.807) is 18.3 Å². The normalized spacial score (nSPS) is 10.3. The number of aromatic amines is 1. The fraction of sp³-hybridized carbons (Fsp3) is 0.182. The summed E-state index contributed by atoms with van der Waals surface area (Å²) >= 11 is 0. The minimum absolute atomic E-state index is 0.350. The van der Waals surface area contributed by atoms with Crippen LogP contribution in [-0.4, -0.2) is 21.1 Å². The van der Waals surface area contributed by atoms with Crippen molar-refractivity contribution in [2.45, 2.75) is 13.5 Å². The molecule has 1 amide bonds. The van der Waals surface area contributed by atoms with Crippen LogP contribution in [0.15, 0.2) is 18.3 Å². The lowest BCUT2D eigenvalue weighted by atomic mass is 10.2. The maximum Gasteiger partial charge on any atom is 0.252 e. The molecule has 6 N–H and O–H groups in total. The minimum Gasteiger partial charge on any atom is -0.384 e. The number of aromatic nitrogens is 3. The molecule has 2 rings (SSSR count). The summed E-state index contributed by atoms with van der Waals surface area (Å²) in [6.07, 6.45) is 1.61. The van der Waals surface area contributed by atoms with Crippen LogP contribution >= 0.6 is 0 Å². The average molecular weight is 246 g/mol. The van der Waals surface area contributed by atoms with Crippen LogP contribution in [0.2, 0.25) is 0 Å². The van der Waals surface area contributed by atoms with Crippen molar-refractivity contribution in [3.63, 3.8) is 0 Å². The minimum atomic E-state index is -0.523. The maximum absolute atomic E-state index is 11.3. The van der Waals surface area contributed by atoms with Crippen LogP contribution in [-0.2, 0) is 6.54 Å². The van der Waals surface area contributed by atoms with Gasteiger partial charge >= 0.3 is 0 Å².